The van der Waals surface area contributed by atoms with E-state index in [0.717, 1.165) is 16.5 Å². The van der Waals surface area contributed by atoms with Crippen molar-refractivity contribution in [2.45, 2.75) is 33.2 Å². The molecule has 0 unspecified atom stereocenters. The van der Waals surface area contributed by atoms with Crippen LogP contribution < -0.4 is 5.32 Å². The van der Waals surface area contributed by atoms with Gasteiger partial charge in [0.1, 0.15) is 0 Å². The van der Waals surface area contributed by atoms with Gasteiger partial charge < -0.3 is 10.4 Å². The highest BCUT2D eigenvalue weighted by Gasteiger charge is 2.34. The SMILES string of the molecule is CCC(CC)(CNCc1ccc2cn[nH]c2c1)C(=O)O. The minimum atomic E-state index is -0.723. The van der Waals surface area contributed by atoms with Crippen molar-refractivity contribution in [2.75, 3.05) is 6.54 Å². The Morgan fingerprint density at radius 2 is 2.15 bits per heavy atom. The highest BCUT2D eigenvalue weighted by molar-refractivity contribution is 5.78. The number of H-pyrrole nitrogens is 1. The van der Waals surface area contributed by atoms with Crippen LogP contribution >= 0.6 is 0 Å². The predicted octanol–water partition coefficient (Wildman–Crippen LogP) is 2.54. The molecule has 0 aliphatic rings. The van der Waals surface area contributed by atoms with Gasteiger partial charge >= 0.3 is 5.97 Å². The van der Waals surface area contributed by atoms with E-state index in [9.17, 15) is 9.90 Å². The standard InChI is InChI=1S/C15H21N3O2/c1-3-15(4-2,14(19)20)10-16-8-11-5-6-12-9-17-18-13(12)7-11/h5-7,9,16H,3-4,8,10H2,1-2H3,(H,17,18)(H,19,20). The van der Waals surface area contributed by atoms with Crippen LogP contribution in [0.4, 0.5) is 0 Å². The Morgan fingerprint density at radius 3 is 2.80 bits per heavy atom. The highest BCUT2D eigenvalue weighted by Crippen LogP contribution is 2.25. The van der Waals surface area contributed by atoms with Crippen molar-refractivity contribution < 1.29 is 9.90 Å². The quantitative estimate of drug-likeness (QED) is 0.725. The number of benzene rings is 1. The van der Waals surface area contributed by atoms with Gasteiger partial charge in [-0.1, -0.05) is 26.0 Å². The second-order valence-electron chi connectivity index (χ2n) is 5.19. The molecule has 0 radical (unpaired) electrons. The fourth-order valence-electron chi connectivity index (χ4n) is 2.42. The molecule has 5 nitrogen and oxygen atoms in total. The van der Waals surface area contributed by atoms with Crippen LogP contribution in [0.2, 0.25) is 0 Å². The van der Waals surface area contributed by atoms with E-state index in [1.807, 2.05) is 32.0 Å². The summed E-state index contributed by atoms with van der Waals surface area (Å²) in [5, 5.41) is 20.7. The van der Waals surface area contributed by atoms with Crippen LogP contribution in [0.25, 0.3) is 10.9 Å². The molecule has 0 fully saturated rings. The Kier molecular flexibility index (Phi) is 4.39. The van der Waals surface area contributed by atoms with Gasteiger partial charge in [-0.3, -0.25) is 9.89 Å². The third-order valence-corrected chi connectivity index (χ3v) is 4.11. The number of hydrogen-bond donors (Lipinski definition) is 3. The van der Waals surface area contributed by atoms with Crippen LogP contribution in [0.3, 0.4) is 0 Å². The first-order chi connectivity index (χ1) is 9.61. The highest BCUT2D eigenvalue weighted by atomic mass is 16.4. The second-order valence-corrected chi connectivity index (χ2v) is 5.19. The molecule has 5 heteroatoms. The average Bonchev–Trinajstić information content (AvgIpc) is 2.91. The Bertz CT molecular complexity index is 588. The molecular formula is C15H21N3O2. The number of carbonyl (C=O) groups is 1. The lowest BCUT2D eigenvalue weighted by Crippen LogP contribution is -2.39. The van der Waals surface area contributed by atoms with E-state index in [1.54, 1.807) is 6.20 Å². The van der Waals surface area contributed by atoms with Gasteiger partial charge in [-0.15, -0.1) is 0 Å². The van der Waals surface area contributed by atoms with Gasteiger partial charge in [0.05, 0.1) is 17.1 Å². The first-order valence-corrected chi connectivity index (χ1v) is 6.97. The molecule has 0 amide bonds. The number of nitrogens with zero attached hydrogens (tertiary/aromatic N) is 1. The number of hydrogen-bond acceptors (Lipinski definition) is 3. The summed E-state index contributed by atoms with van der Waals surface area (Å²) in [6, 6.07) is 6.08. The van der Waals surface area contributed by atoms with Crippen molar-refractivity contribution in [3.63, 3.8) is 0 Å². The number of nitrogens with one attached hydrogen (secondary N) is 2. The van der Waals surface area contributed by atoms with Gasteiger partial charge in [0, 0.05) is 18.5 Å². The molecule has 0 saturated heterocycles. The second kappa shape index (κ2) is 6.05. The Hall–Kier alpha value is -1.88. The molecule has 2 aromatic rings. The third-order valence-electron chi connectivity index (χ3n) is 4.11. The summed E-state index contributed by atoms with van der Waals surface area (Å²) in [7, 11) is 0. The Balaban J connectivity index is 1.99. The molecule has 20 heavy (non-hydrogen) atoms. The number of aromatic nitrogens is 2. The minimum Gasteiger partial charge on any atom is -0.481 e. The first-order valence-electron chi connectivity index (χ1n) is 6.97. The maximum Gasteiger partial charge on any atom is 0.310 e. The molecular weight excluding hydrogens is 254 g/mol. The van der Waals surface area contributed by atoms with E-state index in [4.69, 9.17) is 0 Å². The molecule has 1 heterocycles. The zero-order valence-electron chi connectivity index (χ0n) is 11.9. The Morgan fingerprint density at radius 1 is 1.40 bits per heavy atom. The number of aliphatic carboxylic acids is 1. The lowest BCUT2D eigenvalue weighted by Gasteiger charge is -2.27. The number of fused-ring (bicyclic) bond motifs is 1. The van der Waals surface area contributed by atoms with E-state index in [1.165, 1.54) is 0 Å². The summed E-state index contributed by atoms with van der Waals surface area (Å²) in [4.78, 5) is 11.4. The number of aromatic amines is 1. The molecule has 1 aromatic carbocycles. The van der Waals surface area contributed by atoms with E-state index in [2.05, 4.69) is 15.5 Å². The van der Waals surface area contributed by atoms with Gasteiger partial charge in [0.2, 0.25) is 0 Å². The van der Waals surface area contributed by atoms with Crippen LogP contribution in [-0.4, -0.2) is 27.8 Å². The molecule has 0 bridgehead atoms. The summed E-state index contributed by atoms with van der Waals surface area (Å²) < 4.78 is 0. The topological polar surface area (TPSA) is 78.0 Å². The zero-order valence-corrected chi connectivity index (χ0v) is 11.9. The van der Waals surface area contributed by atoms with Crippen molar-refractivity contribution in [1.29, 1.82) is 0 Å². The third kappa shape index (κ3) is 2.82. The van der Waals surface area contributed by atoms with Crippen LogP contribution in [0, 0.1) is 5.41 Å². The summed E-state index contributed by atoms with van der Waals surface area (Å²) >= 11 is 0. The molecule has 1 aromatic heterocycles. The first kappa shape index (κ1) is 14.5. The summed E-state index contributed by atoms with van der Waals surface area (Å²) in [6.07, 6.45) is 3.05. The lowest BCUT2D eigenvalue weighted by molar-refractivity contribution is -0.149. The Labute approximate surface area is 118 Å². The predicted molar refractivity (Wildman–Crippen MR) is 78.5 cm³/mol. The number of carboxylic acid groups (broad SMARTS) is 1. The van der Waals surface area contributed by atoms with Gasteiger partial charge in [0.15, 0.2) is 0 Å². The normalized spacial score (nSPS) is 11.9. The van der Waals surface area contributed by atoms with Crippen molar-refractivity contribution >= 4 is 16.9 Å². The van der Waals surface area contributed by atoms with Crippen molar-refractivity contribution in [3.8, 4) is 0 Å². The fraction of sp³-hybridized carbons (Fsp3) is 0.467. The number of rotatable bonds is 7. The molecule has 108 valence electrons. The molecule has 0 saturated carbocycles. The van der Waals surface area contributed by atoms with E-state index in [0.29, 0.717) is 25.9 Å². The fourth-order valence-corrected chi connectivity index (χ4v) is 2.42. The smallest absolute Gasteiger partial charge is 0.310 e. The van der Waals surface area contributed by atoms with Crippen LogP contribution in [-0.2, 0) is 11.3 Å². The van der Waals surface area contributed by atoms with Crippen LogP contribution in [0.5, 0.6) is 0 Å². The lowest BCUT2D eigenvalue weighted by atomic mass is 9.82. The largest absolute Gasteiger partial charge is 0.481 e. The maximum absolute atomic E-state index is 11.4. The summed E-state index contributed by atoms with van der Waals surface area (Å²) in [5.74, 6) is -0.723. The van der Waals surface area contributed by atoms with Gasteiger partial charge in [-0.2, -0.15) is 5.10 Å². The van der Waals surface area contributed by atoms with E-state index in [-0.39, 0.29) is 0 Å². The number of carboxylic acids is 1. The van der Waals surface area contributed by atoms with Crippen LogP contribution in [0.1, 0.15) is 32.3 Å². The zero-order chi connectivity index (χ0) is 14.6. The van der Waals surface area contributed by atoms with Gasteiger partial charge in [0.25, 0.3) is 0 Å². The summed E-state index contributed by atoms with van der Waals surface area (Å²) in [5.41, 5.74) is 1.45. The van der Waals surface area contributed by atoms with E-state index < -0.39 is 11.4 Å². The van der Waals surface area contributed by atoms with E-state index >= 15 is 0 Å². The van der Waals surface area contributed by atoms with Crippen molar-refractivity contribution in [2.24, 2.45) is 5.41 Å². The average molecular weight is 275 g/mol. The monoisotopic (exact) mass is 275 g/mol. The van der Waals surface area contributed by atoms with Crippen molar-refractivity contribution in [1.82, 2.24) is 15.5 Å². The molecule has 0 atom stereocenters. The van der Waals surface area contributed by atoms with Crippen LogP contribution in [0.15, 0.2) is 24.4 Å². The molecule has 0 aliphatic heterocycles. The minimum absolute atomic E-state index is 0.482. The molecule has 0 aliphatic carbocycles. The molecule has 0 spiro atoms. The summed E-state index contributed by atoms with van der Waals surface area (Å²) in [6.45, 7) is 4.99. The van der Waals surface area contributed by atoms with Gasteiger partial charge in [-0.05, 0) is 24.5 Å². The van der Waals surface area contributed by atoms with Crippen molar-refractivity contribution in [3.05, 3.63) is 30.0 Å². The van der Waals surface area contributed by atoms with Gasteiger partial charge in [-0.25, -0.2) is 0 Å². The molecule has 2 rings (SSSR count). The molecule has 3 N–H and O–H groups in total. The maximum atomic E-state index is 11.4.